The van der Waals surface area contributed by atoms with Crippen molar-refractivity contribution in [3.8, 4) is 0 Å². The Morgan fingerprint density at radius 2 is 1.79 bits per heavy atom. The first-order valence-corrected chi connectivity index (χ1v) is 17.1. The molecule has 3 heterocycles. The van der Waals surface area contributed by atoms with Crippen molar-refractivity contribution in [2.45, 2.75) is 93.8 Å². The molecule has 1 aromatic rings. The fourth-order valence-electron chi connectivity index (χ4n) is 8.54. The van der Waals surface area contributed by atoms with Crippen molar-refractivity contribution in [3.63, 3.8) is 0 Å². The van der Waals surface area contributed by atoms with Crippen LogP contribution in [0.3, 0.4) is 0 Å². The largest absolute Gasteiger partial charge is 0.394 e. The molecule has 234 valence electrons. The molecular formula is C35H49N3O4S. The van der Waals surface area contributed by atoms with Crippen molar-refractivity contribution in [1.82, 2.24) is 9.80 Å². The molecule has 1 saturated carbocycles. The van der Waals surface area contributed by atoms with Crippen molar-refractivity contribution in [1.29, 1.82) is 0 Å². The zero-order valence-electron chi connectivity index (χ0n) is 26.1. The molecule has 3 aliphatic heterocycles. The summed E-state index contributed by atoms with van der Waals surface area (Å²) in [5.74, 6) is -1.38. The molecule has 4 fully saturated rings. The second-order valence-corrected chi connectivity index (χ2v) is 14.6. The van der Waals surface area contributed by atoms with E-state index in [0.717, 1.165) is 44.2 Å². The zero-order chi connectivity index (χ0) is 30.9. The number of fused-ring (bicyclic) bond motifs is 1. The molecule has 7 nitrogen and oxygen atoms in total. The number of anilines is 1. The molecule has 43 heavy (non-hydrogen) atoms. The van der Waals surface area contributed by atoms with E-state index in [2.05, 4.69) is 27.0 Å². The van der Waals surface area contributed by atoms with Gasteiger partial charge in [0.25, 0.3) is 0 Å². The van der Waals surface area contributed by atoms with Gasteiger partial charge in [0, 0.05) is 30.1 Å². The second-order valence-electron chi connectivity index (χ2n) is 13.1. The second kappa shape index (κ2) is 13.2. The van der Waals surface area contributed by atoms with E-state index in [4.69, 9.17) is 0 Å². The van der Waals surface area contributed by atoms with E-state index in [-0.39, 0.29) is 47.5 Å². The van der Waals surface area contributed by atoms with Crippen molar-refractivity contribution < 1.29 is 19.5 Å². The summed E-state index contributed by atoms with van der Waals surface area (Å²) in [6.45, 7) is 14.7. The number of hydrogen-bond donors (Lipinski definition) is 1. The fourth-order valence-corrected chi connectivity index (χ4v) is 10.9. The van der Waals surface area contributed by atoms with Gasteiger partial charge in [-0.05, 0) is 43.2 Å². The van der Waals surface area contributed by atoms with Gasteiger partial charge in [-0.25, -0.2) is 0 Å². The standard InChI is InChI=1S/C35H49N3O4S/c1-6-19-36(25-15-11-9-12-16-25)32(40)29-28-21-24(5)35(43-28)30(29)33(41)38(27(22-39)23(4)8-3)31(35)34(42)37(20-7-2)26-17-13-10-14-18-26/h6-7,9,11-12,15-16,23-24,26-31,39H,1-2,8,10,13-14,17-22H2,3-5H3/t23-,24?,27-,28-,29+,30-,31?,35?/m0/s1. The molecule has 3 saturated heterocycles. The number of thioether (sulfide) groups is 1. The minimum Gasteiger partial charge on any atom is -0.394 e. The third-order valence-electron chi connectivity index (χ3n) is 10.8. The highest BCUT2D eigenvalue weighted by molar-refractivity contribution is 8.02. The van der Waals surface area contributed by atoms with Gasteiger partial charge in [-0.1, -0.05) is 76.8 Å². The van der Waals surface area contributed by atoms with Gasteiger partial charge in [-0.3, -0.25) is 14.4 Å². The van der Waals surface area contributed by atoms with E-state index in [9.17, 15) is 14.7 Å². The van der Waals surface area contributed by atoms with Gasteiger partial charge in [0.1, 0.15) is 6.04 Å². The molecule has 0 radical (unpaired) electrons. The van der Waals surface area contributed by atoms with Crippen LogP contribution in [0.15, 0.2) is 55.6 Å². The number of carbonyl (C=O) groups excluding carboxylic acids is 3. The summed E-state index contributed by atoms with van der Waals surface area (Å²) >= 11 is 1.71. The molecule has 1 spiro atoms. The lowest BCUT2D eigenvalue weighted by molar-refractivity contribution is -0.148. The number of para-hydroxylation sites is 1. The molecular weight excluding hydrogens is 558 g/mol. The average Bonchev–Trinajstić information content (AvgIpc) is 3.63. The lowest BCUT2D eigenvalue weighted by Gasteiger charge is -2.45. The first-order chi connectivity index (χ1) is 20.8. The minimum atomic E-state index is -0.731. The zero-order valence-corrected chi connectivity index (χ0v) is 26.9. The highest BCUT2D eigenvalue weighted by Crippen LogP contribution is 2.69. The molecule has 5 rings (SSSR count). The van der Waals surface area contributed by atoms with E-state index >= 15 is 4.79 Å². The quantitative estimate of drug-likeness (QED) is 0.327. The monoisotopic (exact) mass is 607 g/mol. The first kappa shape index (κ1) is 31.8. The maximum Gasteiger partial charge on any atom is 0.247 e. The Kier molecular flexibility index (Phi) is 9.76. The third-order valence-corrected chi connectivity index (χ3v) is 12.9. The van der Waals surface area contributed by atoms with Crippen LogP contribution in [0.4, 0.5) is 5.69 Å². The van der Waals surface area contributed by atoms with E-state index in [1.54, 1.807) is 33.7 Å². The van der Waals surface area contributed by atoms with Crippen molar-refractivity contribution in [3.05, 3.63) is 55.6 Å². The summed E-state index contributed by atoms with van der Waals surface area (Å²) in [4.78, 5) is 49.9. The summed E-state index contributed by atoms with van der Waals surface area (Å²) in [6.07, 6.45) is 10.3. The number of amides is 3. The molecule has 3 unspecified atom stereocenters. The van der Waals surface area contributed by atoms with Crippen LogP contribution >= 0.6 is 11.8 Å². The fraction of sp³-hybridized carbons (Fsp3) is 0.629. The van der Waals surface area contributed by atoms with Crippen molar-refractivity contribution in [2.24, 2.45) is 23.7 Å². The molecule has 3 amide bonds. The summed E-state index contributed by atoms with van der Waals surface area (Å²) in [7, 11) is 0. The molecule has 2 bridgehead atoms. The van der Waals surface area contributed by atoms with Crippen LogP contribution in [0.25, 0.3) is 0 Å². The van der Waals surface area contributed by atoms with Crippen LogP contribution in [0, 0.1) is 23.7 Å². The van der Waals surface area contributed by atoms with Crippen molar-refractivity contribution in [2.75, 3.05) is 24.6 Å². The van der Waals surface area contributed by atoms with Crippen molar-refractivity contribution >= 4 is 35.2 Å². The maximum atomic E-state index is 15.0. The number of aliphatic hydroxyl groups excluding tert-OH is 1. The number of likely N-dealkylation sites (tertiary alicyclic amines) is 1. The molecule has 1 N–H and O–H groups in total. The summed E-state index contributed by atoms with van der Waals surface area (Å²) in [5.41, 5.74) is 0.777. The molecule has 1 aromatic carbocycles. The summed E-state index contributed by atoms with van der Waals surface area (Å²) in [6, 6.07) is 8.45. The maximum absolute atomic E-state index is 15.0. The number of rotatable bonds is 12. The Morgan fingerprint density at radius 3 is 2.40 bits per heavy atom. The Morgan fingerprint density at radius 1 is 1.12 bits per heavy atom. The lowest BCUT2D eigenvalue weighted by atomic mass is 9.65. The average molecular weight is 608 g/mol. The smallest absolute Gasteiger partial charge is 0.247 e. The number of nitrogens with zero attached hydrogens (tertiary/aromatic N) is 3. The Balaban J connectivity index is 1.61. The van der Waals surface area contributed by atoms with Crippen LogP contribution in [-0.4, -0.2) is 80.4 Å². The third kappa shape index (κ3) is 5.26. The molecule has 8 atom stereocenters. The lowest BCUT2D eigenvalue weighted by Crippen LogP contribution is -2.61. The van der Waals surface area contributed by atoms with Gasteiger partial charge in [0.15, 0.2) is 0 Å². The van der Waals surface area contributed by atoms with E-state index < -0.39 is 28.7 Å². The minimum absolute atomic E-state index is 0.00440. The van der Waals surface area contributed by atoms with Crippen LogP contribution < -0.4 is 4.90 Å². The van der Waals surface area contributed by atoms with E-state index in [1.807, 2.05) is 42.2 Å². The Labute approximate surface area is 261 Å². The van der Waals surface area contributed by atoms with E-state index in [0.29, 0.717) is 13.1 Å². The number of hydrogen-bond acceptors (Lipinski definition) is 5. The summed E-state index contributed by atoms with van der Waals surface area (Å²) < 4.78 is -0.731. The Bertz CT molecular complexity index is 1200. The first-order valence-electron chi connectivity index (χ1n) is 16.3. The number of aliphatic hydroxyl groups is 1. The van der Waals surface area contributed by atoms with E-state index in [1.165, 1.54) is 6.42 Å². The van der Waals surface area contributed by atoms with Crippen LogP contribution in [-0.2, 0) is 14.4 Å². The molecule has 4 aliphatic rings. The van der Waals surface area contributed by atoms with Gasteiger partial charge in [0.05, 0.1) is 29.2 Å². The highest BCUT2D eigenvalue weighted by atomic mass is 32.2. The van der Waals surface area contributed by atoms with Gasteiger partial charge < -0.3 is 19.8 Å². The van der Waals surface area contributed by atoms with Crippen LogP contribution in [0.1, 0.15) is 65.7 Å². The number of carbonyl (C=O) groups is 3. The molecule has 8 heteroatoms. The SMILES string of the molecule is C=CCN(C(=O)[C@@H]1[C@@H]2CC(C)C3(S2)C(C(=O)N(CC=C)C2CCCCC2)N([C@@H](CO)[C@@H](C)CC)C(=O)[C@H]13)c1ccccc1. The molecule has 0 aromatic heterocycles. The molecule has 1 aliphatic carbocycles. The topological polar surface area (TPSA) is 81.2 Å². The van der Waals surface area contributed by atoms with Crippen LogP contribution in [0.5, 0.6) is 0 Å². The summed E-state index contributed by atoms with van der Waals surface area (Å²) in [5, 5.41) is 10.7. The van der Waals surface area contributed by atoms with Gasteiger partial charge in [0.2, 0.25) is 17.7 Å². The highest BCUT2D eigenvalue weighted by Gasteiger charge is 2.77. The predicted octanol–water partition coefficient (Wildman–Crippen LogP) is 5.30. The van der Waals surface area contributed by atoms with Crippen LogP contribution in [0.2, 0.25) is 0 Å². The normalized spacial score (nSPS) is 31.4. The van der Waals surface area contributed by atoms with Gasteiger partial charge in [-0.15, -0.1) is 24.9 Å². The predicted molar refractivity (Wildman–Crippen MR) is 174 cm³/mol. The van der Waals surface area contributed by atoms with Gasteiger partial charge in [-0.2, -0.15) is 0 Å². The van der Waals surface area contributed by atoms with Gasteiger partial charge >= 0.3 is 0 Å². The number of benzene rings is 1. The Hall–Kier alpha value is -2.58.